The van der Waals surface area contributed by atoms with Crippen molar-refractivity contribution in [3.8, 4) is 5.75 Å². The van der Waals surface area contributed by atoms with Gasteiger partial charge in [0.05, 0.1) is 6.10 Å². The molecule has 1 aromatic carbocycles. The molecule has 1 N–H and O–H groups in total. The standard InChI is InChI=1S/C31H45NO5/c1-8-29(4)17-25(37-26(34)19-36-23-11-9-22(10-12-23)18-32(6)7)30(5)20(2)13-15-31(21(3)28(29)35)16-14-24(33)27(30)31/h8-12,20-21,25,27-28,35H,1,13-19H2,2-7H3/t20?,21-,25+,27?,28-,29+,30-,31?/m0/s1. The molecule has 8 atom stereocenters. The molecule has 3 aliphatic carbocycles. The second-order valence-electron chi connectivity index (χ2n) is 12.7. The average Bonchev–Trinajstić information content (AvgIpc) is 3.22. The maximum Gasteiger partial charge on any atom is 0.344 e. The highest BCUT2D eigenvalue weighted by atomic mass is 16.6. The Morgan fingerprint density at radius 3 is 2.49 bits per heavy atom. The largest absolute Gasteiger partial charge is 0.482 e. The number of aliphatic hydroxyl groups excluding tert-OH is 1. The summed E-state index contributed by atoms with van der Waals surface area (Å²) in [5, 5.41) is 11.6. The van der Waals surface area contributed by atoms with Crippen LogP contribution in [0.4, 0.5) is 0 Å². The average molecular weight is 512 g/mol. The van der Waals surface area contributed by atoms with Crippen molar-refractivity contribution in [1.82, 2.24) is 4.90 Å². The van der Waals surface area contributed by atoms with Crippen LogP contribution < -0.4 is 4.74 Å². The van der Waals surface area contributed by atoms with Gasteiger partial charge in [0.2, 0.25) is 0 Å². The van der Waals surface area contributed by atoms with E-state index in [4.69, 9.17) is 9.47 Å². The summed E-state index contributed by atoms with van der Waals surface area (Å²) < 4.78 is 12.0. The zero-order valence-electron chi connectivity index (χ0n) is 23.5. The predicted octanol–water partition coefficient (Wildman–Crippen LogP) is 5.03. The molecule has 0 heterocycles. The first kappa shape index (κ1) is 27.8. The smallest absolute Gasteiger partial charge is 0.344 e. The lowest BCUT2D eigenvalue weighted by atomic mass is 9.44. The van der Waals surface area contributed by atoms with E-state index in [9.17, 15) is 14.7 Å². The molecule has 6 nitrogen and oxygen atoms in total. The third kappa shape index (κ3) is 4.76. The van der Waals surface area contributed by atoms with Gasteiger partial charge in [-0.3, -0.25) is 4.79 Å². The van der Waals surface area contributed by atoms with Crippen LogP contribution >= 0.6 is 0 Å². The fraction of sp³-hybridized carbons (Fsp3) is 0.677. The Balaban J connectivity index is 1.59. The normalized spacial score (nSPS) is 39.5. The molecule has 37 heavy (non-hydrogen) atoms. The number of aliphatic hydroxyl groups is 1. The van der Waals surface area contributed by atoms with E-state index < -0.39 is 29.0 Å². The predicted molar refractivity (Wildman–Crippen MR) is 144 cm³/mol. The molecule has 3 fully saturated rings. The molecule has 3 unspecified atom stereocenters. The lowest BCUT2D eigenvalue weighted by molar-refractivity contribution is -0.207. The van der Waals surface area contributed by atoms with Crippen LogP contribution in [0.2, 0.25) is 0 Å². The summed E-state index contributed by atoms with van der Waals surface area (Å²) in [6.45, 7) is 13.1. The summed E-state index contributed by atoms with van der Waals surface area (Å²) in [4.78, 5) is 28.8. The van der Waals surface area contributed by atoms with Gasteiger partial charge in [-0.15, -0.1) is 6.58 Å². The van der Waals surface area contributed by atoms with Gasteiger partial charge in [-0.25, -0.2) is 4.79 Å². The highest BCUT2D eigenvalue weighted by Gasteiger charge is 2.68. The topological polar surface area (TPSA) is 76.1 Å². The zero-order valence-corrected chi connectivity index (χ0v) is 23.5. The summed E-state index contributed by atoms with van der Waals surface area (Å²) in [5.41, 5.74) is -0.281. The van der Waals surface area contributed by atoms with Gasteiger partial charge in [0, 0.05) is 29.7 Å². The Hall–Kier alpha value is -2.18. The van der Waals surface area contributed by atoms with Gasteiger partial charge >= 0.3 is 5.97 Å². The van der Waals surface area contributed by atoms with Gasteiger partial charge in [-0.05, 0) is 74.7 Å². The van der Waals surface area contributed by atoms with Crippen molar-refractivity contribution in [1.29, 1.82) is 0 Å². The molecule has 6 heteroatoms. The minimum absolute atomic E-state index is 0.0470. The number of carbonyl (C=O) groups excluding carboxylic acids is 2. The Morgan fingerprint density at radius 1 is 1.19 bits per heavy atom. The van der Waals surface area contributed by atoms with Gasteiger partial charge in [-0.2, -0.15) is 0 Å². The van der Waals surface area contributed by atoms with Gasteiger partial charge in [0.25, 0.3) is 0 Å². The van der Waals surface area contributed by atoms with Gasteiger partial charge < -0.3 is 19.5 Å². The Kier molecular flexibility index (Phi) is 7.66. The Labute approximate surface area is 222 Å². The zero-order chi connectivity index (χ0) is 27.2. The molecule has 4 rings (SSSR count). The summed E-state index contributed by atoms with van der Waals surface area (Å²) in [7, 11) is 4.04. The molecule has 1 aromatic rings. The molecule has 0 aliphatic heterocycles. The lowest BCUT2D eigenvalue weighted by Gasteiger charge is -2.61. The molecule has 3 saturated carbocycles. The molecule has 0 aromatic heterocycles. The highest BCUT2D eigenvalue weighted by molar-refractivity contribution is 5.85. The number of benzene rings is 1. The van der Waals surface area contributed by atoms with Crippen LogP contribution in [-0.4, -0.2) is 54.7 Å². The van der Waals surface area contributed by atoms with Crippen LogP contribution in [0.1, 0.15) is 65.4 Å². The van der Waals surface area contributed by atoms with E-state index in [1.54, 1.807) is 0 Å². The van der Waals surface area contributed by atoms with E-state index in [1.807, 2.05) is 51.4 Å². The SMILES string of the molecule is C=C[C@]1(C)C[C@@H](OC(=O)COc2ccc(CN(C)C)cc2)[C@]2(C)C(C)CCC3(CCC(=O)C32)[C@@H](C)[C@@H]1O. The number of ketones is 1. The fourth-order valence-electron chi connectivity index (χ4n) is 7.89. The fourth-order valence-corrected chi connectivity index (χ4v) is 7.89. The first-order valence-electron chi connectivity index (χ1n) is 13.8. The first-order chi connectivity index (χ1) is 17.4. The van der Waals surface area contributed by atoms with Crippen LogP contribution in [0.3, 0.4) is 0 Å². The van der Waals surface area contributed by atoms with Crippen molar-refractivity contribution in [2.24, 2.45) is 34.0 Å². The molecule has 3 aliphatic rings. The van der Waals surface area contributed by atoms with Crippen molar-refractivity contribution < 1.29 is 24.2 Å². The molecule has 204 valence electrons. The maximum absolute atomic E-state index is 13.5. The minimum atomic E-state index is -0.672. The van der Waals surface area contributed by atoms with Crippen LogP contribution in [0.25, 0.3) is 0 Å². The number of hydrogen-bond acceptors (Lipinski definition) is 6. The maximum atomic E-state index is 13.5. The van der Waals surface area contributed by atoms with Crippen LogP contribution in [0.15, 0.2) is 36.9 Å². The number of Topliss-reactive ketones (excluding diaryl/α,β-unsaturated/α-hetero) is 1. The van der Waals surface area contributed by atoms with E-state index in [1.165, 1.54) is 0 Å². The number of carbonyl (C=O) groups is 2. The number of hydrogen-bond donors (Lipinski definition) is 1. The van der Waals surface area contributed by atoms with Crippen molar-refractivity contribution in [3.05, 3.63) is 42.5 Å². The second kappa shape index (κ2) is 10.2. The first-order valence-corrected chi connectivity index (χ1v) is 13.8. The summed E-state index contributed by atoms with van der Waals surface area (Å²) in [6, 6.07) is 7.71. The van der Waals surface area contributed by atoms with Crippen molar-refractivity contribution in [2.75, 3.05) is 20.7 Å². The third-order valence-corrected chi connectivity index (χ3v) is 10.4. The van der Waals surface area contributed by atoms with Gasteiger partial charge in [0.15, 0.2) is 6.61 Å². The van der Waals surface area contributed by atoms with Crippen LogP contribution in [-0.2, 0) is 20.9 Å². The molecule has 0 radical (unpaired) electrons. The minimum Gasteiger partial charge on any atom is -0.482 e. The molecular formula is C31H45NO5. The third-order valence-electron chi connectivity index (χ3n) is 10.4. The van der Waals surface area contributed by atoms with Crippen molar-refractivity contribution in [3.63, 3.8) is 0 Å². The van der Waals surface area contributed by atoms with E-state index in [2.05, 4.69) is 32.3 Å². The summed E-state index contributed by atoms with van der Waals surface area (Å²) in [5.74, 6) is 0.337. The quantitative estimate of drug-likeness (QED) is 0.409. The van der Waals surface area contributed by atoms with E-state index in [0.29, 0.717) is 18.6 Å². The Bertz CT molecular complexity index is 1020. The Morgan fingerprint density at radius 2 is 1.86 bits per heavy atom. The van der Waals surface area contributed by atoms with Crippen molar-refractivity contribution in [2.45, 2.75) is 78.6 Å². The molecule has 2 bridgehead atoms. The monoisotopic (exact) mass is 511 g/mol. The number of esters is 1. The van der Waals surface area contributed by atoms with E-state index in [-0.39, 0.29) is 35.6 Å². The van der Waals surface area contributed by atoms with Crippen molar-refractivity contribution >= 4 is 11.8 Å². The number of rotatable bonds is 7. The number of ether oxygens (including phenoxy) is 2. The van der Waals surface area contributed by atoms with Crippen LogP contribution in [0.5, 0.6) is 5.75 Å². The van der Waals surface area contributed by atoms with Gasteiger partial charge in [-0.1, -0.05) is 45.9 Å². The lowest BCUT2D eigenvalue weighted by Crippen LogP contribution is -2.63. The molecule has 0 spiro atoms. The summed E-state index contributed by atoms with van der Waals surface area (Å²) >= 11 is 0. The summed E-state index contributed by atoms with van der Waals surface area (Å²) in [6.07, 6.45) is 4.23. The highest BCUT2D eigenvalue weighted by Crippen LogP contribution is 2.67. The van der Waals surface area contributed by atoms with Crippen LogP contribution in [0, 0.1) is 34.0 Å². The number of nitrogens with zero attached hydrogens (tertiary/aromatic N) is 1. The molecule has 0 amide bonds. The van der Waals surface area contributed by atoms with Gasteiger partial charge in [0.1, 0.15) is 17.6 Å². The van der Waals surface area contributed by atoms with E-state index in [0.717, 1.165) is 31.4 Å². The molecular weight excluding hydrogens is 466 g/mol. The van der Waals surface area contributed by atoms with E-state index >= 15 is 0 Å². The second-order valence-corrected chi connectivity index (χ2v) is 12.7. The molecule has 0 saturated heterocycles.